The molecule has 4 heteroatoms. The van der Waals surface area contributed by atoms with Crippen molar-refractivity contribution < 1.29 is 18.7 Å². The van der Waals surface area contributed by atoms with Gasteiger partial charge in [0.15, 0.2) is 11.6 Å². The second kappa shape index (κ2) is 3.80. The van der Waals surface area contributed by atoms with E-state index in [2.05, 4.69) is 0 Å². The molecule has 0 aliphatic heterocycles. The molecule has 0 unspecified atom stereocenters. The molecule has 0 fully saturated rings. The van der Waals surface area contributed by atoms with Crippen LogP contribution in [0.4, 0.5) is 8.78 Å². The molecule has 0 saturated heterocycles. The summed E-state index contributed by atoms with van der Waals surface area (Å²) in [5.41, 5.74) is -0.0811. The Hall–Kier alpha value is -1.71. The van der Waals surface area contributed by atoms with Crippen LogP contribution in [0.3, 0.4) is 0 Å². The molecule has 0 atom stereocenters. The Balaban J connectivity index is 3.02. The van der Waals surface area contributed by atoms with Gasteiger partial charge in [0.05, 0.1) is 0 Å². The van der Waals surface area contributed by atoms with Gasteiger partial charge in [0.1, 0.15) is 0 Å². The van der Waals surface area contributed by atoms with Crippen molar-refractivity contribution in [1.82, 2.24) is 0 Å². The number of hydrogen-bond donors (Lipinski definition) is 1. The summed E-state index contributed by atoms with van der Waals surface area (Å²) in [6, 6.07) is 3.56. The molecule has 68 valence electrons. The van der Waals surface area contributed by atoms with Crippen LogP contribution >= 0.6 is 0 Å². The quantitative estimate of drug-likeness (QED) is 0.714. The zero-order chi connectivity index (χ0) is 9.84. The topological polar surface area (TPSA) is 37.3 Å². The van der Waals surface area contributed by atoms with E-state index in [4.69, 9.17) is 5.11 Å². The minimum Gasteiger partial charge on any atom is -0.478 e. The SMILES string of the molecule is O=C(O)/C=C\c1cccc(F)c1F. The Kier molecular flexibility index (Phi) is 2.74. The Morgan fingerprint density at radius 1 is 1.38 bits per heavy atom. The van der Waals surface area contributed by atoms with E-state index in [1.165, 1.54) is 12.1 Å². The van der Waals surface area contributed by atoms with Gasteiger partial charge in [-0.25, -0.2) is 13.6 Å². The van der Waals surface area contributed by atoms with Crippen LogP contribution < -0.4 is 0 Å². The first-order chi connectivity index (χ1) is 6.11. The second-order valence-electron chi connectivity index (χ2n) is 2.31. The lowest BCUT2D eigenvalue weighted by Gasteiger charge is -1.95. The van der Waals surface area contributed by atoms with Gasteiger partial charge in [0.2, 0.25) is 0 Å². The van der Waals surface area contributed by atoms with Crippen molar-refractivity contribution >= 4 is 12.0 Å². The van der Waals surface area contributed by atoms with Gasteiger partial charge < -0.3 is 5.11 Å². The Morgan fingerprint density at radius 3 is 2.69 bits per heavy atom. The van der Waals surface area contributed by atoms with Crippen LogP contribution in [-0.4, -0.2) is 11.1 Å². The van der Waals surface area contributed by atoms with Crippen molar-refractivity contribution in [3.05, 3.63) is 41.5 Å². The van der Waals surface area contributed by atoms with E-state index in [-0.39, 0.29) is 5.56 Å². The van der Waals surface area contributed by atoms with Crippen LogP contribution in [0.15, 0.2) is 24.3 Å². The van der Waals surface area contributed by atoms with Crippen LogP contribution in [-0.2, 0) is 4.79 Å². The zero-order valence-electron chi connectivity index (χ0n) is 6.50. The van der Waals surface area contributed by atoms with E-state index in [0.717, 1.165) is 18.2 Å². The first kappa shape index (κ1) is 9.38. The van der Waals surface area contributed by atoms with E-state index in [1.807, 2.05) is 0 Å². The molecule has 1 aromatic carbocycles. The highest BCUT2D eigenvalue weighted by Crippen LogP contribution is 2.12. The first-order valence-electron chi connectivity index (χ1n) is 3.46. The third-order valence-electron chi connectivity index (χ3n) is 1.39. The highest BCUT2D eigenvalue weighted by Gasteiger charge is 2.04. The van der Waals surface area contributed by atoms with Crippen molar-refractivity contribution in [3.8, 4) is 0 Å². The van der Waals surface area contributed by atoms with Crippen LogP contribution in [0.25, 0.3) is 6.08 Å². The number of carboxylic acids is 1. The van der Waals surface area contributed by atoms with Gasteiger partial charge in [-0.05, 0) is 12.1 Å². The summed E-state index contributed by atoms with van der Waals surface area (Å²) in [5.74, 6) is -3.24. The van der Waals surface area contributed by atoms with Crippen LogP contribution in [0, 0.1) is 11.6 Å². The van der Waals surface area contributed by atoms with E-state index < -0.39 is 17.6 Å². The summed E-state index contributed by atoms with van der Waals surface area (Å²) in [6.07, 6.45) is 1.75. The zero-order valence-corrected chi connectivity index (χ0v) is 6.50. The molecule has 1 rings (SSSR count). The molecule has 1 N–H and O–H groups in total. The molecular formula is C9H6F2O2. The number of halogens is 2. The summed E-state index contributed by atoms with van der Waals surface area (Å²) in [6.45, 7) is 0. The van der Waals surface area contributed by atoms with Gasteiger partial charge in [-0.2, -0.15) is 0 Å². The van der Waals surface area contributed by atoms with Crippen LogP contribution in [0.5, 0.6) is 0 Å². The van der Waals surface area contributed by atoms with Crippen LogP contribution in [0.1, 0.15) is 5.56 Å². The van der Waals surface area contributed by atoms with Gasteiger partial charge in [-0.1, -0.05) is 12.1 Å². The van der Waals surface area contributed by atoms with Gasteiger partial charge in [-0.15, -0.1) is 0 Å². The Bertz CT molecular complexity index is 359. The fraction of sp³-hybridized carbons (Fsp3) is 0. The summed E-state index contributed by atoms with van der Waals surface area (Å²) >= 11 is 0. The largest absolute Gasteiger partial charge is 0.478 e. The van der Waals surface area contributed by atoms with Crippen molar-refractivity contribution in [3.63, 3.8) is 0 Å². The maximum absolute atomic E-state index is 12.8. The first-order valence-corrected chi connectivity index (χ1v) is 3.46. The number of aliphatic carboxylic acids is 1. The minimum absolute atomic E-state index is 0.0811. The molecule has 2 nitrogen and oxygen atoms in total. The van der Waals surface area contributed by atoms with Gasteiger partial charge in [-0.3, -0.25) is 0 Å². The van der Waals surface area contributed by atoms with Crippen molar-refractivity contribution in [1.29, 1.82) is 0 Å². The number of rotatable bonds is 2. The van der Waals surface area contributed by atoms with Crippen molar-refractivity contribution in [2.45, 2.75) is 0 Å². The lowest BCUT2D eigenvalue weighted by Crippen LogP contribution is -1.90. The molecule has 0 radical (unpaired) electrons. The van der Waals surface area contributed by atoms with Gasteiger partial charge in [0.25, 0.3) is 0 Å². The van der Waals surface area contributed by atoms with Gasteiger partial charge in [0, 0.05) is 11.6 Å². The number of carboxylic acid groups (broad SMARTS) is 1. The summed E-state index contributed by atoms with van der Waals surface area (Å²) < 4.78 is 25.4. The van der Waals surface area contributed by atoms with E-state index in [1.54, 1.807) is 0 Å². The van der Waals surface area contributed by atoms with Crippen LogP contribution in [0.2, 0.25) is 0 Å². The lowest BCUT2D eigenvalue weighted by atomic mass is 10.2. The van der Waals surface area contributed by atoms with E-state index >= 15 is 0 Å². The number of carbonyl (C=O) groups is 1. The maximum Gasteiger partial charge on any atom is 0.328 e. The fourth-order valence-electron chi connectivity index (χ4n) is 0.810. The Morgan fingerprint density at radius 2 is 2.08 bits per heavy atom. The average Bonchev–Trinajstić information content (AvgIpc) is 2.07. The molecule has 0 aromatic heterocycles. The minimum atomic E-state index is -1.20. The molecule has 0 saturated carbocycles. The predicted octanol–water partition coefficient (Wildman–Crippen LogP) is 2.06. The summed E-state index contributed by atoms with van der Waals surface area (Å²) in [4.78, 5) is 10.1. The summed E-state index contributed by atoms with van der Waals surface area (Å²) in [5, 5.41) is 8.23. The fourth-order valence-corrected chi connectivity index (χ4v) is 0.810. The normalized spacial score (nSPS) is 10.6. The predicted molar refractivity (Wildman–Crippen MR) is 43.0 cm³/mol. The summed E-state index contributed by atoms with van der Waals surface area (Å²) in [7, 11) is 0. The highest BCUT2D eigenvalue weighted by atomic mass is 19.2. The molecule has 1 aromatic rings. The number of hydrogen-bond acceptors (Lipinski definition) is 1. The molecule has 13 heavy (non-hydrogen) atoms. The third kappa shape index (κ3) is 2.37. The molecule has 0 spiro atoms. The maximum atomic E-state index is 12.8. The molecule has 0 heterocycles. The molecule has 0 aliphatic carbocycles. The average molecular weight is 184 g/mol. The number of benzene rings is 1. The standard InChI is InChI=1S/C9H6F2O2/c10-7-3-1-2-6(9(7)11)4-5-8(12)13/h1-5H,(H,12,13)/b5-4-. The van der Waals surface area contributed by atoms with Crippen molar-refractivity contribution in [2.75, 3.05) is 0 Å². The van der Waals surface area contributed by atoms with Gasteiger partial charge >= 0.3 is 5.97 Å². The Labute approximate surface area is 73.1 Å². The molecular weight excluding hydrogens is 178 g/mol. The second-order valence-corrected chi connectivity index (χ2v) is 2.31. The van der Waals surface area contributed by atoms with E-state index in [0.29, 0.717) is 0 Å². The molecule has 0 aliphatic rings. The highest BCUT2D eigenvalue weighted by molar-refractivity contribution is 5.85. The monoisotopic (exact) mass is 184 g/mol. The molecule has 0 amide bonds. The lowest BCUT2D eigenvalue weighted by molar-refractivity contribution is -0.131. The smallest absolute Gasteiger partial charge is 0.328 e. The van der Waals surface area contributed by atoms with E-state index in [9.17, 15) is 13.6 Å². The third-order valence-corrected chi connectivity index (χ3v) is 1.39. The van der Waals surface area contributed by atoms with Crippen molar-refractivity contribution in [2.24, 2.45) is 0 Å². The molecule has 0 bridgehead atoms.